The summed E-state index contributed by atoms with van der Waals surface area (Å²) in [6, 6.07) is 1.68. The Morgan fingerprint density at radius 3 is 2.30 bits per heavy atom. The number of hydrogen-bond acceptors (Lipinski definition) is 2. The maximum Gasteiger partial charge on any atom is 0.0221 e. The molecule has 2 heteroatoms. The number of piperazine rings is 1. The van der Waals surface area contributed by atoms with Gasteiger partial charge in [-0.1, -0.05) is 6.42 Å². The van der Waals surface area contributed by atoms with E-state index in [1.807, 2.05) is 0 Å². The Labute approximate surface area is 62.6 Å². The van der Waals surface area contributed by atoms with Crippen LogP contribution in [-0.2, 0) is 0 Å². The van der Waals surface area contributed by atoms with E-state index in [4.69, 9.17) is 0 Å². The lowest BCUT2D eigenvalue weighted by Crippen LogP contribution is -2.57. The number of nitrogens with zero attached hydrogens (tertiary/aromatic N) is 1. The van der Waals surface area contributed by atoms with Crippen molar-refractivity contribution in [3.8, 4) is 0 Å². The molecule has 2 heterocycles. The molecule has 0 aliphatic carbocycles. The zero-order valence-corrected chi connectivity index (χ0v) is 6.64. The minimum absolute atomic E-state index is 0.840. The van der Waals surface area contributed by atoms with Crippen LogP contribution in [0.25, 0.3) is 0 Å². The quantitative estimate of drug-likeness (QED) is 0.525. The van der Waals surface area contributed by atoms with Gasteiger partial charge in [0.2, 0.25) is 0 Å². The summed E-state index contributed by atoms with van der Waals surface area (Å²) < 4.78 is 0. The molecule has 0 amide bonds. The second-order valence-corrected chi connectivity index (χ2v) is 3.56. The molecule has 2 bridgehead atoms. The molecule has 0 radical (unpaired) electrons. The van der Waals surface area contributed by atoms with Gasteiger partial charge in [0, 0.05) is 25.2 Å². The van der Waals surface area contributed by atoms with Crippen molar-refractivity contribution in [2.24, 2.45) is 0 Å². The van der Waals surface area contributed by atoms with Crippen molar-refractivity contribution in [1.82, 2.24) is 10.2 Å². The lowest BCUT2D eigenvalue weighted by atomic mass is 9.93. The Morgan fingerprint density at radius 1 is 1.20 bits per heavy atom. The maximum absolute atomic E-state index is 3.48. The number of likely N-dealkylation sites (N-methyl/N-ethyl adjacent to an activating group) is 1. The fraction of sp³-hybridized carbons (Fsp3) is 1.00. The van der Waals surface area contributed by atoms with E-state index in [2.05, 4.69) is 17.3 Å². The van der Waals surface area contributed by atoms with Gasteiger partial charge in [0.05, 0.1) is 0 Å². The molecule has 1 N–H and O–H groups in total. The van der Waals surface area contributed by atoms with Crippen LogP contribution in [0, 0.1) is 0 Å². The number of piperidine rings is 1. The Morgan fingerprint density at radius 2 is 1.80 bits per heavy atom. The third-order valence-electron chi connectivity index (χ3n) is 2.99. The molecule has 2 aliphatic heterocycles. The fourth-order valence-corrected chi connectivity index (χ4v) is 2.20. The van der Waals surface area contributed by atoms with Crippen molar-refractivity contribution in [2.75, 3.05) is 20.1 Å². The summed E-state index contributed by atoms with van der Waals surface area (Å²) in [5, 5.41) is 3.48. The van der Waals surface area contributed by atoms with Gasteiger partial charge in [-0.15, -0.1) is 0 Å². The lowest BCUT2D eigenvalue weighted by molar-refractivity contribution is 0.0809. The normalized spacial score (nSPS) is 41.7. The van der Waals surface area contributed by atoms with E-state index >= 15 is 0 Å². The van der Waals surface area contributed by atoms with Crippen LogP contribution in [0.2, 0.25) is 0 Å². The summed E-state index contributed by atoms with van der Waals surface area (Å²) in [6.45, 7) is 2.43. The van der Waals surface area contributed by atoms with Crippen molar-refractivity contribution in [3.05, 3.63) is 0 Å². The zero-order valence-electron chi connectivity index (χ0n) is 6.64. The molecule has 2 atom stereocenters. The van der Waals surface area contributed by atoms with E-state index in [0.717, 1.165) is 12.1 Å². The molecule has 58 valence electrons. The van der Waals surface area contributed by atoms with Crippen LogP contribution in [-0.4, -0.2) is 37.1 Å². The highest BCUT2D eigenvalue weighted by atomic mass is 15.2. The van der Waals surface area contributed by atoms with E-state index in [0.29, 0.717) is 0 Å². The standard InChI is InChI=1S/C8H16N2/c1-10-7-3-2-4-8(10)6-9-5-7/h7-9H,2-6H2,1H3/t7-,8+. The minimum Gasteiger partial charge on any atom is -0.314 e. The van der Waals surface area contributed by atoms with E-state index in [9.17, 15) is 0 Å². The first-order valence-electron chi connectivity index (χ1n) is 4.30. The molecule has 0 spiro atoms. The topological polar surface area (TPSA) is 15.3 Å². The van der Waals surface area contributed by atoms with Crippen LogP contribution in [0.3, 0.4) is 0 Å². The molecule has 0 saturated carbocycles. The van der Waals surface area contributed by atoms with Crippen molar-refractivity contribution in [2.45, 2.75) is 31.3 Å². The van der Waals surface area contributed by atoms with Crippen molar-refractivity contribution in [3.63, 3.8) is 0 Å². The Bertz CT molecular complexity index is 102. The van der Waals surface area contributed by atoms with Gasteiger partial charge in [0.25, 0.3) is 0 Å². The predicted octanol–water partition coefficient (Wildman–Crippen LogP) is 0.442. The van der Waals surface area contributed by atoms with Crippen LogP contribution in [0.4, 0.5) is 0 Å². The summed E-state index contributed by atoms with van der Waals surface area (Å²) in [7, 11) is 2.27. The molecule has 0 unspecified atom stereocenters. The average molecular weight is 140 g/mol. The summed E-state index contributed by atoms with van der Waals surface area (Å²) in [5.74, 6) is 0. The average Bonchev–Trinajstić information content (AvgIpc) is 1.86. The fourth-order valence-electron chi connectivity index (χ4n) is 2.20. The van der Waals surface area contributed by atoms with Crippen molar-refractivity contribution >= 4 is 0 Å². The molecule has 0 aromatic carbocycles. The molecule has 2 aliphatic rings. The van der Waals surface area contributed by atoms with Crippen LogP contribution in [0.15, 0.2) is 0 Å². The lowest BCUT2D eigenvalue weighted by Gasteiger charge is -2.44. The largest absolute Gasteiger partial charge is 0.314 e. The van der Waals surface area contributed by atoms with Gasteiger partial charge >= 0.3 is 0 Å². The van der Waals surface area contributed by atoms with E-state index in [1.54, 1.807) is 0 Å². The number of rotatable bonds is 0. The Hall–Kier alpha value is -0.0800. The van der Waals surface area contributed by atoms with E-state index in [1.165, 1.54) is 32.4 Å². The molecule has 2 nitrogen and oxygen atoms in total. The highest BCUT2D eigenvalue weighted by Crippen LogP contribution is 2.22. The Balaban J connectivity index is 2.05. The number of hydrogen-bond donors (Lipinski definition) is 1. The maximum atomic E-state index is 3.48. The molecule has 2 rings (SSSR count). The van der Waals surface area contributed by atoms with Crippen molar-refractivity contribution in [1.29, 1.82) is 0 Å². The third-order valence-corrected chi connectivity index (χ3v) is 2.99. The van der Waals surface area contributed by atoms with Gasteiger partial charge in [-0.05, 0) is 19.9 Å². The second kappa shape index (κ2) is 2.51. The monoisotopic (exact) mass is 140 g/mol. The second-order valence-electron chi connectivity index (χ2n) is 3.56. The first-order valence-corrected chi connectivity index (χ1v) is 4.30. The number of nitrogens with one attached hydrogen (secondary N) is 1. The van der Waals surface area contributed by atoms with Crippen LogP contribution in [0.5, 0.6) is 0 Å². The van der Waals surface area contributed by atoms with Crippen LogP contribution in [0.1, 0.15) is 19.3 Å². The minimum atomic E-state index is 0.840. The summed E-state index contributed by atoms with van der Waals surface area (Å²) in [5.41, 5.74) is 0. The van der Waals surface area contributed by atoms with Gasteiger partial charge in [0.15, 0.2) is 0 Å². The number of fused-ring (bicyclic) bond motifs is 2. The third kappa shape index (κ3) is 0.956. The molecule has 0 aromatic rings. The molecular formula is C8H16N2. The molecular weight excluding hydrogens is 124 g/mol. The van der Waals surface area contributed by atoms with E-state index in [-0.39, 0.29) is 0 Å². The summed E-state index contributed by atoms with van der Waals surface area (Å²) in [4.78, 5) is 2.56. The smallest absolute Gasteiger partial charge is 0.0221 e. The first-order chi connectivity index (χ1) is 4.88. The molecule has 0 aromatic heterocycles. The zero-order chi connectivity index (χ0) is 6.97. The molecule has 10 heavy (non-hydrogen) atoms. The van der Waals surface area contributed by atoms with Crippen molar-refractivity contribution < 1.29 is 0 Å². The van der Waals surface area contributed by atoms with Gasteiger partial charge in [-0.2, -0.15) is 0 Å². The molecule has 2 fully saturated rings. The van der Waals surface area contributed by atoms with Gasteiger partial charge in [0.1, 0.15) is 0 Å². The van der Waals surface area contributed by atoms with Gasteiger partial charge < -0.3 is 5.32 Å². The van der Waals surface area contributed by atoms with Crippen LogP contribution < -0.4 is 5.32 Å². The SMILES string of the molecule is CN1[C@@H]2CCC[C@H]1CNC2. The van der Waals surface area contributed by atoms with Crippen LogP contribution >= 0.6 is 0 Å². The summed E-state index contributed by atoms with van der Waals surface area (Å²) >= 11 is 0. The molecule has 2 saturated heterocycles. The first kappa shape index (κ1) is 6.62. The van der Waals surface area contributed by atoms with Gasteiger partial charge in [-0.3, -0.25) is 4.90 Å². The summed E-state index contributed by atoms with van der Waals surface area (Å²) in [6.07, 6.45) is 4.25. The van der Waals surface area contributed by atoms with Gasteiger partial charge in [-0.25, -0.2) is 0 Å². The predicted molar refractivity (Wildman–Crippen MR) is 42.1 cm³/mol. The highest BCUT2D eigenvalue weighted by Gasteiger charge is 2.30. The highest BCUT2D eigenvalue weighted by molar-refractivity contribution is 4.89. The Kier molecular flexibility index (Phi) is 1.66. The van der Waals surface area contributed by atoms with E-state index < -0.39 is 0 Å².